The van der Waals surface area contributed by atoms with E-state index < -0.39 is 74.5 Å². The van der Waals surface area contributed by atoms with Crippen molar-refractivity contribution in [3.63, 3.8) is 0 Å². The molecule has 2 aliphatic heterocycles. The van der Waals surface area contributed by atoms with Gasteiger partial charge in [0.15, 0.2) is 12.6 Å². The quantitative estimate of drug-likeness (QED) is 0.242. The van der Waals surface area contributed by atoms with Crippen LogP contribution in [0.25, 0.3) is 0 Å². The van der Waals surface area contributed by atoms with Gasteiger partial charge in [-0.15, -0.1) is 0 Å². The summed E-state index contributed by atoms with van der Waals surface area (Å²) in [4.78, 5) is 0. The van der Waals surface area contributed by atoms with Gasteiger partial charge in [-0.05, 0) is 0 Å². The van der Waals surface area contributed by atoms with E-state index in [4.69, 9.17) is 35.9 Å². The van der Waals surface area contributed by atoms with Gasteiger partial charge in [-0.25, -0.2) is 0 Å². The molecule has 11 nitrogen and oxygen atoms in total. The summed E-state index contributed by atoms with van der Waals surface area (Å²) in [5.41, 5.74) is 11.3. The van der Waals surface area contributed by atoms with E-state index in [1.165, 1.54) is 0 Å². The van der Waals surface area contributed by atoms with Gasteiger partial charge in [0, 0.05) is 0 Å². The molecule has 0 saturated carbocycles. The summed E-state index contributed by atoms with van der Waals surface area (Å²) in [6.45, 7) is -1.12. The van der Waals surface area contributed by atoms with Crippen molar-refractivity contribution >= 4 is 0 Å². The topological polar surface area (TPSA) is 201 Å². The summed E-state index contributed by atoms with van der Waals surface area (Å²) < 4.78 is 15.7. The molecule has 0 aliphatic carbocycles. The molecule has 11 heteroatoms. The Morgan fingerprint density at radius 2 is 1.04 bits per heavy atom. The molecule has 10 atom stereocenters. The standard InChI is InChI=1S/C12H24N2O9/c13-5-7(17)3(1-15)21-11(9(5)19)23-12-10(20)6(14)8(18)4(2-16)22-12/h3-12,15-20H,1-2,13-14H2/t3-,4-,5+,6+,7-,8-,9-,10-,11-,12-/m1/s1. The predicted octanol–water partition coefficient (Wildman–Crippen LogP) is -5.46. The summed E-state index contributed by atoms with van der Waals surface area (Å²) in [7, 11) is 0. The normalized spacial score (nSPS) is 51.7. The molecule has 0 radical (unpaired) electrons. The first-order valence-electron chi connectivity index (χ1n) is 7.23. The highest BCUT2D eigenvalue weighted by Crippen LogP contribution is 2.26. The Balaban J connectivity index is 2.07. The van der Waals surface area contributed by atoms with E-state index >= 15 is 0 Å². The van der Waals surface area contributed by atoms with Crippen LogP contribution in [0.2, 0.25) is 0 Å². The van der Waals surface area contributed by atoms with Gasteiger partial charge in [0.1, 0.15) is 36.6 Å². The van der Waals surface area contributed by atoms with Crippen molar-refractivity contribution in [1.29, 1.82) is 0 Å². The first kappa shape index (κ1) is 18.9. The van der Waals surface area contributed by atoms with Crippen LogP contribution < -0.4 is 11.5 Å². The second-order valence-corrected chi connectivity index (χ2v) is 5.70. The highest BCUT2D eigenvalue weighted by molar-refractivity contribution is 4.95. The predicted molar refractivity (Wildman–Crippen MR) is 72.6 cm³/mol. The molecule has 136 valence electrons. The molecule has 2 heterocycles. The maximum absolute atomic E-state index is 10.00. The SMILES string of the molecule is N[C@@H]1[C@@H](O)[C@@H](O[C@H]2O[C@H](CO)[C@@H](O)[C@H](N)[C@H]2O)O[C@H](CO)[C@H]1O. The lowest BCUT2D eigenvalue weighted by Crippen LogP contribution is -2.66. The first-order valence-corrected chi connectivity index (χ1v) is 7.23. The Morgan fingerprint density at radius 1 is 0.696 bits per heavy atom. The molecule has 0 aromatic carbocycles. The highest BCUT2D eigenvalue weighted by Gasteiger charge is 2.48. The summed E-state index contributed by atoms with van der Waals surface area (Å²) in [5.74, 6) is 0. The van der Waals surface area contributed by atoms with Gasteiger partial charge in [0.25, 0.3) is 0 Å². The minimum absolute atomic E-state index is 0.562. The zero-order chi connectivity index (χ0) is 17.3. The van der Waals surface area contributed by atoms with E-state index in [9.17, 15) is 20.4 Å². The lowest BCUT2D eigenvalue weighted by Gasteiger charge is -2.45. The number of hydrogen-bond acceptors (Lipinski definition) is 11. The molecular weight excluding hydrogens is 316 g/mol. The molecule has 0 bridgehead atoms. The number of aliphatic hydroxyl groups is 6. The fourth-order valence-corrected chi connectivity index (χ4v) is 2.59. The number of ether oxygens (including phenoxy) is 3. The van der Waals surface area contributed by atoms with Crippen LogP contribution in [-0.4, -0.2) is 105 Å². The number of aliphatic hydroxyl groups excluding tert-OH is 6. The van der Waals surface area contributed by atoms with Crippen molar-refractivity contribution in [3.05, 3.63) is 0 Å². The van der Waals surface area contributed by atoms with Crippen LogP contribution in [0.3, 0.4) is 0 Å². The lowest BCUT2D eigenvalue weighted by molar-refractivity contribution is -0.358. The van der Waals surface area contributed by atoms with Crippen LogP contribution >= 0.6 is 0 Å². The van der Waals surface area contributed by atoms with Gasteiger partial charge < -0.3 is 56.3 Å². The highest BCUT2D eigenvalue weighted by atomic mass is 16.8. The Labute approximate surface area is 132 Å². The van der Waals surface area contributed by atoms with Gasteiger partial charge in [-0.2, -0.15) is 0 Å². The van der Waals surface area contributed by atoms with E-state index in [0.717, 1.165) is 0 Å². The number of nitrogens with two attached hydrogens (primary N) is 2. The van der Waals surface area contributed by atoms with Crippen LogP contribution in [0.4, 0.5) is 0 Å². The van der Waals surface area contributed by atoms with Crippen LogP contribution in [-0.2, 0) is 14.2 Å². The zero-order valence-electron chi connectivity index (χ0n) is 12.3. The molecule has 2 saturated heterocycles. The summed E-state index contributed by atoms with van der Waals surface area (Å²) >= 11 is 0. The molecule has 23 heavy (non-hydrogen) atoms. The molecule has 10 N–H and O–H groups in total. The second-order valence-electron chi connectivity index (χ2n) is 5.70. The van der Waals surface area contributed by atoms with E-state index in [-0.39, 0.29) is 0 Å². The fraction of sp³-hybridized carbons (Fsp3) is 1.00. The molecule has 2 aliphatic rings. The molecule has 2 rings (SSSR count). The molecule has 0 amide bonds. The van der Waals surface area contributed by atoms with Gasteiger partial charge >= 0.3 is 0 Å². The van der Waals surface area contributed by atoms with Crippen molar-refractivity contribution in [2.24, 2.45) is 11.5 Å². The fourth-order valence-electron chi connectivity index (χ4n) is 2.59. The molecule has 0 aromatic heterocycles. The van der Waals surface area contributed by atoms with Crippen molar-refractivity contribution < 1.29 is 44.8 Å². The second kappa shape index (κ2) is 7.63. The smallest absolute Gasteiger partial charge is 0.188 e. The molecule has 2 fully saturated rings. The maximum Gasteiger partial charge on any atom is 0.188 e. The zero-order valence-corrected chi connectivity index (χ0v) is 12.3. The third-order valence-corrected chi connectivity index (χ3v) is 4.14. The monoisotopic (exact) mass is 340 g/mol. The summed E-state index contributed by atoms with van der Waals surface area (Å²) in [5, 5.41) is 57.8. The Bertz CT molecular complexity index is 352. The van der Waals surface area contributed by atoms with Crippen molar-refractivity contribution in [2.45, 2.75) is 61.3 Å². The molecule has 0 spiro atoms. The summed E-state index contributed by atoms with van der Waals surface area (Å²) in [6.07, 6.45) is -10.5. The summed E-state index contributed by atoms with van der Waals surface area (Å²) in [6, 6.07) is -2.31. The van der Waals surface area contributed by atoms with Crippen molar-refractivity contribution in [2.75, 3.05) is 13.2 Å². The lowest BCUT2D eigenvalue weighted by atomic mass is 9.96. The molecule has 0 aromatic rings. The Kier molecular flexibility index (Phi) is 6.27. The van der Waals surface area contributed by atoms with Crippen LogP contribution in [0.5, 0.6) is 0 Å². The van der Waals surface area contributed by atoms with Gasteiger partial charge in [-0.1, -0.05) is 0 Å². The molecular formula is C12H24N2O9. The van der Waals surface area contributed by atoms with Gasteiger partial charge in [0.05, 0.1) is 25.3 Å². The van der Waals surface area contributed by atoms with Crippen molar-refractivity contribution in [1.82, 2.24) is 0 Å². The number of hydrogen-bond donors (Lipinski definition) is 8. The maximum atomic E-state index is 10.00. The minimum atomic E-state index is -1.46. The Hall–Kier alpha value is -0.440. The van der Waals surface area contributed by atoms with Gasteiger partial charge in [0.2, 0.25) is 0 Å². The van der Waals surface area contributed by atoms with Crippen LogP contribution in [0.1, 0.15) is 0 Å². The van der Waals surface area contributed by atoms with Crippen LogP contribution in [0.15, 0.2) is 0 Å². The largest absolute Gasteiger partial charge is 0.394 e. The van der Waals surface area contributed by atoms with E-state index in [2.05, 4.69) is 0 Å². The van der Waals surface area contributed by atoms with E-state index in [1.54, 1.807) is 0 Å². The van der Waals surface area contributed by atoms with Gasteiger partial charge in [-0.3, -0.25) is 0 Å². The third-order valence-electron chi connectivity index (χ3n) is 4.14. The van der Waals surface area contributed by atoms with E-state index in [0.29, 0.717) is 0 Å². The van der Waals surface area contributed by atoms with Crippen LogP contribution in [0, 0.1) is 0 Å². The average Bonchev–Trinajstić information content (AvgIpc) is 2.55. The van der Waals surface area contributed by atoms with Crippen molar-refractivity contribution in [3.8, 4) is 0 Å². The van der Waals surface area contributed by atoms with E-state index in [1.807, 2.05) is 0 Å². The number of rotatable bonds is 4. The Morgan fingerprint density at radius 3 is 1.35 bits per heavy atom. The average molecular weight is 340 g/mol. The third kappa shape index (κ3) is 3.65. The minimum Gasteiger partial charge on any atom is -0.394 e. The molecule has 0 unspecified atom stereocenters. The first-order chi connectivity index (χ1) is 10.8.